The molecule has 0 unspecified atom stereocenters. The Morgan fingerprint density at radius 3 is 2.79 bits per heavy atom. The highest BCUT2D eigenvalue weighted by atomic mass is 32.2. The van der Waals surface area contributed by atoms with Gasteiger partial charge in [0.05, 0.1) is 23.2 Å². The van der Waals surface area contributed by atoms with Gasteiger partial charge in [0.25, 0.3) is 0 Å². The molecule has 0 aliphatic rings. The second-order valence-corrected chi connectivity index (χ2v) is 8.40. The summed E-state index contributed by atoms with van der Waals surface area (Å²) in [4.78, 5) is -0.168. The van der Waals surface area contributed by atoms with E-state index in [1.54, 1.807) is 35.1 Å². The molecule has 12 heteroatoms. The van der Waals surface area contributed by atoms with E-state index in [-0.39, 0.29) is 11.4 Å². The molecule has 3 rings (SSSR count). The average molecular weight is 371 g/mol. The smallest absolute Gasteiger partial charge is 0.245 e. The standard InChI is InChI=1S/C12H13N5O5S2/c18-23(19,6-4-15-24(20,21)12-8-14-22-9-12)16-10-2-5-17-11(7-10)1-3-13-17/h1-3,5,7-9,15-16H,4,6H2. The van der Waals surface area contributed by atoms with Crippen LogP contribution < -0.4 is 9.44 Å². The van der Waals surface area contributed by atoms with Crippen LogP contribution in [-0.4, -0.2) is 43.9 Å². The molecule has 0 spiro atoms. The van der Waals surface area contributed by atoms with Crippen molar-refractivity contribution in [1.29, 1.82) is 0 Å². The number of aromatic nitrogens is 3. The van der Waals surface area contributed by atoms with E-state index < -0.39 is 25.8 Å². The Kier molecular flexibility index (Phi) is 4.26. The third kappa shape index (κ3) is 3.72. The van der Waals surface area contributed by atoms with Crippen molar-refractivity contribution in [1.82, 2.24) is 19.5 Å². The molecule has 2 N–H and O–H groups in total. The predicted molar refractivity (Wildman–Crippen MR) is 84.3 cm³/mol. The monoisotopic (exact) mass is 371 g/mol. The maximum Gasteiger partial charge on any atom is 0.245 e. The van der Waals surface area contributed by atoms with Crippen molar-refractivity contribution in [2.24, 2.45) is 0 Å². The summed E-state index contributed by atoms with van der Waals surface area (Å²) in [6.45, 7) is -0.294. The van der Waals surface area contributed by atoms with Crippen LogP contribution in [-0.2, 0) is 20.0 Å². The fourth-order valence-electron chi connectivity index (χ4n) is 1.94. The highest BCUT2D eigenvalue weighted by Crippen LogP contribution is 2.13. The van der Waals surface area contributed by atoms with Gasteiger partial charge in [-0.15, -0.1) is 0 Å². The number of hydrogen-bond donors (Lipinski definition) is 2. The molecule has 3 heterocycles. The van der Waals surface area contributed by atoms with Gasteiger partial charge in [0, 0.05) is 18.9 Å². The van der Waals surface area contributed by atoms with E-state index in [2.05, 4.69) is 24.2 Å². The number of nitrogens with one attached hydrogen (secondary N) is 2. The summed E-state index contributed by atoms with van der Waals surface area (Å²) < 4.78 is 58.3. The number of nitrogens with zero attached hydrogens (tertiary/aromatic N) is 3. The quantitative estimate of drug-likeness (QED) is 0.598. The summed E-state index contributed by atoms with van der Waals surface area (Å²) in [5, 5.41) is 7.30. The fourth-order valence-corrected chi connectivity index (χ4v) is 3.91. The maximum atomic E-state index is 12.0. The Hall–Kier alpha value is -2.44. The molecule has 0 atom stereocenters. The number of sulfonamides is 2. The van der Waals surface area contributed by atoms with E-state index in [0.29, 0.717) is 5.69 Å². The SMILES string of the molecule is O=S(=O)(CCNS(=O)(=O)c1cnoc1)Nc1ccn2nccc2c1. The van der Waals surface area contributed by atoms with Crippen molar-refractivity contribution < 1.29 is 21.4 Å². The molecule has 128 valence electrons. The van der Waals surface area contributed by atoms with E-state index in [1.807, 2.05) is 0 Å². The molecular formula is C12H13N5O5S2. The first-order valence-corrected chi connectivity index (χ1v) is 9.82. The Morgan fingerprint density at radius 2 is 2.04 bits per heavy atom. The normalized spacial score (nSPS) is 12.5. The van der Waals surface area contributed by atoms with Crippen LogP contribution in [0.25, 0.3) is 5.52 Å². The second-order valence-electron chi connectivity index (χ2n) is 4.79. The zero-order valence-electron chi connectivity index (χ0n) is 12.2. The van der Waals surface area contributed by atoms with Crippen LogP contribution in [0.3, 0.4) is 0 Å². The molecule has 0 saturated carbocycles. The van der Waals surface area contributed by atoms with E-state index in [9.17, 15) is 16.8 Å². The molecule has 0 aliphatic heterocycles. The molecule has 3 aromatic rings. The van der Waals surface area contributed by atoms with Crippen molar-refractivity contribution in [3.63, 3.8) is 0 Å². The Morgan fingerprint density at radius 1 is 1.21 bits per heavy atom. The third-order valence-electron chi connectivity index (χ3n) is 3.06. The lowest BCUT2D eigenvalue weighted by Gasteiger charge is -2.09. The van der Waals surface area contributed by atoms with Gasteiger partial charge < -0.3 is 4.52 Å². The van der Waals surface area contributed by atoms with Gasteiger partial charge in [-0.1, -0.05) is 5.16 Å². The van der Waals surface area contributed by atoms with Gasteiger partial charge >= 0.3 is 0 Å². The average Bonchev–Trinajstić information content (AvgIpc) is 3.17. The molecule has 24 heavy (non-hydrogen) atoms. The molecular weight excluding hydrogens is 358 g/mol. The van der Waals surface area contributed by atoms with Crippen LogP contribution in [0.2, 0.25) is 0 Å². The number of anilines is 1. The predicted octanol–water partition coefficient (Wildman–Crippen LogP) is 0.0425. The summed E-state index contributed by atoms with van der Waals surface area (Å²) in [6, 6.07) is 4.90. The number of hydrogen-bond acceptors (Lipinski definition) is 7. The minimum Gasteiger partial charge on any atom is -0.363 e. The Labute approximate surface area is 137 Å². The molecule has 0 radical (unpaired) electrons. The number of fused-ring (bicyclic) bond motifs is 1. The molecule has 0 bridgehead atoms. The lowest BCUT2D eigenvalue weighted by Crippen LogP contribution is -2.31. The van der Waals surface area contributed by atoms with Gasteiger partial charge in [-0.25, -0.2) is 26.1 Å². The van der Waals surface area contributed by atoms with Crippen molar-refractivity contribution in [3.05, 3.63) is 43.1 Å². The number of rotatable bonds is 7. The van der Waals surface area contributed by atoms with Gasteiger partial charge in [0.15, 0.2) is 0 Å². The van der Waals surface area contributed by atoms with Crippen LogP contribution in [0, 0.1) is 0 Å². The van der Waals surface area contributed by atoms with Gasteiger partial charge in [-0.05, 0) is 18.2 Å². The minimum atomic E-state index is -3.84. The highest BCUT2D eigenvalue weighted by molar-refractivity contribution is 7.92. The third-order valence-corrected chi connectivity index (χ3v) is 5.75. The summed E-state index contributed by atoms with van der Waals surface area (Å²) >= 11 is 0. The molecule has 0 aromatic carbocycles. The summed E-state index contributed by atoms with van der Waals surface area (Å²) in [6.07, 6.45) is 5.18. The summed E-state index contributed by atoms with van der Waals surface area (Å²) in [5.74, 6) is -0.429. The van der Waals surface area contributed by atoms with Crippen LogP contribution >= 0.6 is 0 Å². The minimum absolute atomic E-state index is 0.168. The molecule has 0 fully saturated rings. The summed E-state index contributed by atoms with van der Waals surface area (Å²) in [7, 11) is -7.57. The first-order valence-electron chi connectivity index (χ1n) is 6.69. The van der Waals surface area contributed by atoms with E-state index in [4.69, 9.17) is 0 Å². The van der Waals surface area contributed by atoms with E-state index >= 15 is 0 Å². The first kappa shape index (κ1) is 16.4. The van der Waals surface area contributed by atoms with Crippen LogP contribution in [0.4, 0.5) is 5.69 Å². The van der Waals surface area contributed by atoms with E-state index in [1.165, 1.54) is 0 Å². The molecule has 0 aliphatic carbocycles. The largest absolute Gasteiger partial charge is 0.363 e. The number of pyridine rings is 1. The maximum absolute atomic E-state index is 12.0. The Bertz CT molecular complexity index is 1040. The molecule has 0 amide bonds. The van der Waals surface area contributed by atoms with Gasteiger partial charge in [-0.3, -0.25) is 4.72 Å². The molecule has 0 saturated heterocycles. The Balaban J connectivity index is 1.61. The van der Waals surface area contributed by atoms with Gasteiger partial charge in [0.2, 0.25) is 20.0 Å². The lowest BCUT2D eigenvalue weighted by atomic mass is 10.4. The molecule has 10 nitrogen and oxygen atoms in total. The van der Waals surface area contributed by atoms with Crippen LogP contribution in [0.5, 0.6) is 0 Å². The van der Waals surface area contributed by atoms with Crippen LogP contribution in [0.15, 0.2) is 52.5 Å². The van der Waals surface area contributed by atoms with Crippen molar-refractivity contribution in [2.45, 2.75) is 4.90 Å². The zero-order valence-corrected chi connectivity index (χ0v) is 13.8. The van der Waals surface area contributed by atoms with Gasteiger partial charge in [-0.2, -0.15) is 5.10 Å². The first-order chi connectivity index (χ1) is 11.4. The summed E-state index contributed by atoms with van der Waals surface area (Å²) in [5.41, 5.74) is 1.09. The van der Waals surface area contributed by atoms with E-state index in [0.717, 1.165) is 18.0 Å². The fraction of sp³-hybridized carbons (Fsp3) is 0.167. The van der Waals surface area contributed by atoms with Crippen LogP contribution in [0.1, 0.15) is 0 Å². The highest BCUT2D eigenvalue weighted by Gasteiger charge is 2.18. The molecule has 3 aromatic heterocycles. The van der Waals surface area contributed by atoms with Crippen molar-refractivity contribution in [2.75, 3.05) is 17.0 Å². The lowest BCUT2D eigenvalue weighted by molar-refractivity contribution is 0.417. The van der Waals surface area contributed by atoms with Crippen molar-refractivity contribution in [3.8, 4) is 0 Å². The van der Waals surface area contributed by atoms with Gasteiger partial charge in [0.1, 0.15) is 11.2 Å². The topological polar surface area (TPSA) is 136 Å². The second kappa shape index (κ2) is 6.22. The van der Waals surface area contributed by atoms with Crippen molar-refractivity contribution >= 4 is 31.3 Å². The zero-order chi connectivity index (χ0) is 17.2.